The Morgan fingerprint density at radius 1 is 1.28 bits per heavy atom. The summed E-state index contributed by atoms with van der Waals surface area (Å²) in [7, 11) is -1.29. The summed E-state index contributed by atoms with van der Waals surface area (Å²) in [6.45, 7) is 4.28. The van der Waals surface area contributed by atoms with Crippen LogP contribution < -0.4 is 10.1 Å². The second-order valence-corrected chi connectivity index (χ2v) is 6.56. The van der Waals surface area contributed by atoms with Gasteiger partial charge in [-0.15, -0.1) is 0 Å². The summed E-state index contributed by atoms with van der Waals surface area (Å²) in [5.41, 5.74) is 1.99. The van der Waals surface area contributed by atoms with Crippen molar-refractivity contribution in [1.29, 1.82) is 0 Å². The summed E-state index contributed by atoms with van der Waals surface area (Å²) in [5.74, 6) is 1.24. The second kappa shape index (κ2) is 6.64. The van der Waals surface area contributed by atoms with Crippen molar-refractivity contribution >= 4 is 15.5 Å². The molecule has 1 aromatic rings. The minimum Gasteiger partial charge on any atom is -0.497 e. The lowest BCUT2D eigenvalue weighted by molar-refractivity contribution is 0.414. The molecule has 0 aliphatic carbocycles. The van der Waals surface area contributed by atoms with Crippen molar-refractivity contribution in [3.8, 4) is 5.75 Å². The number of anilines is 1. The molecule has 0 fully saturated rings. The normalized spacial score (nSPS) is 11.3. The third-order valence-corrected chi connectivity index (χ3v) is 4.53. The highest BCUT2D eigenvalue weighted by Crippen LogP contribution is 2.20. The fourth-order valence-corrected chi connectivity index (χ4v) is 2.95. The highest BCUT2D eigenvalue weighted by molar-refractivity contribution is 7.91. The highest BCUT2D eigenvalue weighted by Gasteiger charge is 2.09. The number of ether oxygens (including phenoxy) is 1. The van der Waals surface area contributed by atoms with Crippen molar-refractivity contribution in [2.45, 2.75) is 20.3 Å². The first-order chi connectivity index (χ1) is 8.48. The molecular formula is C13H21NO3S. The molecule has 0 atom stereocenters. The maximum absolute atomic E-state index is 11.5. The maximum atomic E-state index is 11.5. The van der Waals surface area contributed by atoms with Gasteiger partial charge in [0.25, 0.3) is 0 Å². The summed E-state index contributed by atoms with van der Waals surface area (Å²) >= 11 is 0. The van der Waals surface area contributed by atoms with Crippen molar-refractivity contribution in [3.05, 3.63) is 23.8 Å². The molecule has 1 N–H and O–H groups in total. The lowest BCUT2D eigenvalue weighted by Gasteiger charge is -2.11. The zero-order valence-electron chi connectivity index (χ0n) is 11.2. The first-order valence-electron chi connectivity index (χ1n) is 6.07. The average molecular weight is 271 g/mol. The number of nitrogens with one attached hydrogen (secondary N) is 1. The molecule has 1 rings (SSSR count). The molecule has 5 heteroatoms. The molecule has 0 amide bonds. The molecule has 0 saturated carbocycles. The molecule has 4 nitrogen and oxygen atoms in total. The number of hydrogen-bond donors (Lipinski definition) is 1. The van der Waals surface area contributed by atoms with Gasteiger partial charge in [0.1, 0.15) is 5.75 Å². The molecule has 0 aliphatic heterocycles. The van der Waals surface area contributed by atoms with Crippen LogP contribution in [0.3, 0.4) is 0 Å². The van der Waals surface area contributed by atoms with Crippen molar-refractivity contribution < 1.29 is 13.2 Å². The third-order valence-electron chi connectivity index (χ3n) is 2.68. The van der Waals surface area contributed by atoms with E-state index in [9.17, 15) is 8.42 Å². The quantitative estimate of drug-likeness (QED) is 0.826. The molecule has 102 valence electrons. The van der Waals surface area contributed by atoms with Gasteiger partial charge in [-0.25, -0.2) is 8.42 Å². The van der Waals surface area contributed by atoms with Crippen LogP contribution in [0.5, 0.6) is 5.75 Å². The van der Waals surface area contributed by atoms with Crippen LogP contribution in [0.4, 0.5) is 5.69 Å². The van der Waals surface area contributed by atoms with Crippen molar-refractivity contribution in [2.24, 2.45) is 0 Å². The zero-order valence-corrected chi connectivity index (χ0v) is 12.0. The van der Waals surface area contributed by atoms with Gasteiger partial charge in [0.15, 0.2) is 9.84 Å². The summed E-state index contributed by atoms with van der Waals surface area (Å²) < 4.78 is 28.2. The fraction of sp³-hybridized carbons (Fsp3) is 0.538. The highest BCUT2D eigenvalue weighted by atomic mass is 32.2. The molecule has 0 bridgehead atoms. The number of benzene rings is 1. The van der Waals surface area contributed by atoms with Gasteiger partial charge in [-0.3, -0.25) is 0 Å². The molecule has 18 heavy (non-hydrogen) atoms. The van der Waals surface area contributed by atoms with E-state index in [0.29, 0.717) is 13.0 Å². The van der Waals surface area contributed by atoms with E-state index in [1.807, 2.05) is 32.0 Å². The van der Waals surface area contributed by atoms with Crippen LogP contribution in [0.2, 0.25) is 0 Å². The Hall–Kier alpha value is -1.23. The molecule has 0 aromatic heterocycles. The van der Waals surface area contributed by atoms with E-state index in [1.54, 1.807) is 7.11 Å². The molecule has 0 unspecified atom stereocenters. The van der Waals surface area contributed by atoms with Crippen LogP contribution in [-0.2, 0) is 9.84 Å². The van der Waals surface area contributed by atoms with E-state index in [4.69, 9.17) is 4.74 Å². The fourth-order valence-electron chi connectivity index (χ4n) is 1.72. The molecule has 1 aromatic carbocycles. The predicted octanol–water partition coefficient (Wildman–Crippen LogP) is 2.24. The number of rotatable bonds is 7. The first-order valence-corrected chi connectivity index (χ1v) is 7.89. The van der Waals surface area contributed by atoms with Gasteiger partial charge in [-0.05, 0) is 37.1 Å². The number of hydrogen-bond acceptors (Lipinski definition) is 4. The summed E-state index contributed by atoms with van der Waals surface area (Å²) in [5, 5.41) is 3.14. The second-order valence-electron chi connectivity index (χ2n) is 4.26. The Balaban J connectivity index is 2.54. The van der Waals surface area contributed by atoms with Crippen molar-refractivity contribution in [1.82, 2.24) is 0 Å². The molecule has 0 aliphatic rings. The predicted molar refractivity (Wildman–Crippen MR) is 75.2 cm³/mol. The lowest BCUT2D eigenvalue weighted by atomic mass is 10.2. The van der Waals surface area contributed by atoms with E-state index in [-0.39, 0.29) is 11.5 Å². The monoisotopic (exact) mass is 271 g/mol. The Kier molecular flexibility index (Phi) is 5.47. The van der Waals surface area contributed by atoms with E-state index in [2.05, 4.69) is 5.32 Å². The van der Waals surface area contributed by atoms with Crippen molar-refractivity contribution in [2.75, 3.05) is 30.5 Å². The topological polar surface area (TPSA) is 55.4 Å². The Labute approximate surface area is 109 Å². The number of methoxy groups -OCH3 is 1. The minimum absolute atomic E-state index is 0.173. The van der Waals surface area contributed by atoms with Gasteiger partial charge in [0, 0.05) is 18.0 Å². The van der Waals surface area contributed by atoms with E-state index >= 15 is 0 Å². The smallest absolute Gasteiger partial charge is 0.152 e. The molecule has 0 saturated heterocycles. The van der Waals surface area contributed by atoms with Gasteiger partial charge in [-0.2, -0.15) is 0 Å². The van der Waals surface area contributed by atoms with E-state index < -0.39 is 9.84 Å². The Morgan fingerprint density at radius 2 is 2.00 bits per heavy atom. The van der Waals surface area contributed by atoms with Gasteiger partial charge in [0.05, 0.1) is 12.9 Å². The van der Waals surface area contributed by atoms with E-state index in [1.165, 1.54) is 0 Å². The summed E-state index contributed by atoms with van der Waals surface area (Å²) in [6, 6.07) is 5.68. The molecule has 0 spiro atoms. The molecular weight excluding hydrogens is 250 g/mol. The van der Waals surface area contributed by atoms with Crippen LogP contribution in [0.1, 0.15) is 18.9 Å². The van der Waals surface area contributed by atoms with E-state index in [0.717, 1.165) is 17.0 Å². The average Bonchev–Trinajstić information content (AvgIpc) is 2.31. The number of sulfone groups is 1. The molecule has 0 heterocycles. The van der Waals surface area contributed by atoms with Gasteiger partial charge in [-0.1, -0.05) is 6.92 Å². The van der Waals surface area contributed by atoms with Gasteiger partial charge < -0.3 is 10.1 Å². The van der Waals surface area contributed by atoms with Crippen LogP contribution in [-0.4, -0.2) is 33.6 Å². The van der Waals surface area contributed by atoms with Gasteiger partial charge in [0.2, 0.25) is 0 Å². The first kappa shape index (κ1) is 14.8. The van der Waals surface area contributed by atoms with Crippen molar-refractivity contribution in [3.63, 3.8) is 0 Å². The largest absolute Gasteiger partial charge is 0.497 e. The zero-order chi connectivity index (χ0) is 13.6. The lowest BCUT2D eigenvalue weighted by Crippen LogP contribution is -2.18. The summed E-state index contributed by atoms with van der Waals surface area (Å²) in [4.78, 5) is 0. The summed E-state index contributed by atoms with van der Waals surface area (Å²) in [6.07, 6.45) is 0.671. The minimum atomic E-state index is -2.91. The SMILES string of the molecule is CCCS(=O)(=O)CCNc1ccc(OC)cc1C. The Bertz CT molecular complexity index is 483. The van der Waals surface area contributed by atoms with Crippen LogP contribution in [0, 0.1) is 6.92 Å². The van der Waals surface area contributed by atoms with Gasteiger partial charge >= 0.3 is 0 Å². The number of aryl methyl sites for hydroxylation is 1. The van der Waals surface area contributed by atoms with Crippen LogP contribution >= 0.6 is 0 Å². The standard InChI is InChI=1S/C13H21NO3S/c1-4-8-18(15,16)9-7-14-13-6-5-12(17-3)10-11(13)2/h5-6,10,14H,4,7-9H2,1-3H3. The van der Waals surface area contributed by atoms with Crippen LogP contribution in [0.25, 0.3) is 0 Å². The van der Waals surface area contributed by atoms with Crippen LogP contribution in [0.15, 0.2) is 18.2 Å². The maximum Gasteiger partial charge on any atom is 0.152 e. The third kappa shape index (κ3) is 4.56. The molecule has 0 radical (unpaired) electrons. The Morgan fingerprint density at radius 3 is 2.56 bits per heavy atom.